The molecule has 15 heavy (non-hydrogen) atoms. The number of aliphatic carboxylic acids is 1. The normalized spacial score (nSPS) is 24.1. The Hall–Kier alpha value is -1.62. The van der Waals surface area contributed by atoms with Crippen molar-refractivity contribution >= 4 is 5.97 Å². The number of carboxylic acid groups (broad SMARTS) is 1. The number of hydrogen-bond acceptors (Lipinski definition) is 3. The lowest BCUT2D eigenvalue weighted by Gasteiger charge is -2.27. The van der Waals surface area contributed by atoms with Crippen molar-refractivity contribution < 1.29 is 24.1 Å². The van der Waals surface area contributed by atoms with Crippen LogP contribution < -0.4 is 4.74 Å². The Balaban J connectivity index is 2.42. The summed E-state index contributed by atoms with van der Waals surface area (Å²) in [5.74, 6) is -2.84. The summed E-state index contributed by atoms with van der Waals surface area (Å²) in [6.45, 7) is -0.218. The molecule has 2 N–H and O–H groups in total. The molecule has 0 aliphatic carbocycles. The monoisotopic (exact) mass is 212 g/mol. The third-order valence-electron chi connectivity index (χ3n) is 2.42. The number of carbonyl (C=O) groups is 1. The van der Waals surface area contributed by atoms with Crippen LogP contribution in [-0.4, -0.2) is 22.8 Å². The van der Waals surface area contributed by atoms with E-state index in [1.165, 1.54) is 18.2 Å². The lowest BCUT2D eigenvalue weighted by atomic mass is 9.93. The lowest BCUT2D eigenvalue weighted by Crippen LogP contribution is -2.32. The molecule has 0 fully saturated rings. The highest BCUT2D eigenvalue weighted by atomic mass is 19.1. The number of aliphatic hydroxyl groups is 1. The fourth-order valence-electron chi connectivity index (χ4n) is 1.60. The van der Waals surface area contributed by atoms with E-state index in [0.29, 0.717) is 0 Å². The van der Waals surface area contributed by atoms with E-state index in [9.17, 15) is 14.3 Å². The molecule has 1 aliphatic rings. The quantitative estimate of drug-likeness (QED) is 0.727. The molecule has 1 aromatic carbocycles. The van der Waals surface area contributed by atoms with Crippen LogP contribution in [0.15, 0.2) is 18.2 Å². The van der Waals surface area contributed by atoms with Crippen LogP contribution in [0.2, 0.25) is 0 Å². The zero-order valence-corrected chi connectivity index (χ0v) is 7.68. The number of fused-ring (bicyclic) bond motifs is 1. The summed E-state index contributed by atoms with van der Waals surface area (Å²) >= 11 is 0. The average molecular weight is 212 g/mol. The molecule has 0 amide bonds. The van der Waals surface area contributed by atoms with Crippen molar-refractivity contribution in [2.75, 3.05) is 6.61 Å². The second kappa shape index (κ2) is 3.51. The van der Waals surface area contributed by atoms with Crippen molar-refractivity contribution in [1.29, 1.82) is 0 Å². The second-order valence-electron chi connectivity index (χ2n) is 3.36. The van der Waals surface area contributed by atoms with Crippen LogP contribution in [-0.2, 0) is 4.79 Å². The number of aliphatic hydroxyl groups excluding tert-OH is 1. The Labute approximate surface area is 84.9 Å². The first-order valence-electron chi connectivity index (χ1n) is 4.43. The lowest BCUT2D eigenvalue weighted by molar-refractivity contribution is -0.148. The van der Waals surface area contributed by atoms with Crippen molar-refractivity contribution in [2.45, 2.75) is 6.10 Å². The number of carboxylic acids is 1. The molecule has 4 nitrogen and oxygen atoms in total. The second-order valence-corrected chi connectivity index (χ2v) is 3.36. The van der Waals surface area contributed by atoms with Crippen LogP contribution in [0.25, 0.3) is 0 Å². The van der Waals surface area contributed by atoms with Gasteiger partial charge in [-0.25, -0.2) is 4.39 Å². The molecule has 2 unspecified atom stereocenters. The van der Waals surface area contributed by atoms with E-state index in [4.69, 9.17) is 9.84 Å². The van der Waals surface area contributed by atoms with E-state index in [1.807, 2.05) is 0 Å². The van der Waals surface area contributed by atoms with E-state index in [1.54, 1.807) is 0 Å². The topological polar surface area (TPSA) is 66.8 Å². The van der Waals surface area contributed by atoms with Gasteiger partial charge in [-0.05, 0) is 6.07 Å². The smallest absolute Gasteiger partial charge is 0.313 e. The van der Waals surface area contributed by atoms with Crippen LogP contribution in [0.1, 0.15) is 11.7 Å². The zero-order chi connectivity index (χ0) is 11.0. The highest BCUT2D eigenvalue weighted by molar-refractivity contribution is 5.72. The zero-order valence-electron chi connectivity index (χ0n) is 7.68. The van der Waals surface area contributed by atoms with Gasteiger partial charge in [0, 0.05) is 5.56 Å². The SMILES string of the molecule is O=C(O)C1COc2c(F)cccc2C1O. The Bertz CT molecular complexity index is 404. The van der Waals surface area contributed by atoms with Gasteiger partial charge in [-0.1, -0.05) is 12.1 Å². The van der Waals surface area contributed by atoms with E-state index in [2.05, 4.69) is 0 Å². The van der Waals surface area contributed by atoms with Crippen LogP contribution in [0, 0.1) is 11.7 Å². The molecule has 0 aromatic heterocycles. The Morgan fingerprint density at radius 3 is 2.93 bits per heavy atom. The van der Waals surface area contributed by atoms with Crippen molar-refractivity contribution in [3.8, 4) is 5.75 Å². The summed E-state index contributed by atoms with van der Waals surface area (Å²) in [7, 11) is 0. The van der Waals surface area contributed by atoms with Gasteiger partial charge in [0.2, 0.25) is 0 Å². The first-order valence-corrected chi connectivity index (χ1v) is 4.43. The van der Waals surface area contributed by atoms with E-state index in [0.717, 1.165) is 0 Å². The Morgan fingerprint density at radius 1 is 1.53 bits per heavy atom. The minimum absolute atomic E-state index is 0.0532. The third kappa shape index (κ3) is 1.55. The molecule has 1 aromatic rings. The molecule has 5 heteroatoms. The standard InChI is InChI=1S/C10H9FO4/c11-7-3-1-2-5-8(12)6(10(13)14)4-15-9(5)7/h1-3,6,8,12H,4H2,(H,13,14). The number of benzene rings is 1. The minimum atomic E-state index is -1.22. The summed E-state index contributed by atoms with van der Waals surface area (Å²) in [4.78, 5) is 10.7. The fourth-order valence-corrected chi connectivity index (χ4v) is 1.60. The summed E-state index contributed by atoms with van der Waals surface area (Å²) in [5.41, 5.74) is 0.189. The predicted octanol–water partition coefficient (Wildman–Crippen LogP) is 0.952. The molecule has 0 spiro atoms. The highest BCUT2D eigenvalue weighted by Gasteiger charge is 2.35. The maximum Gasteiger partial charge on any atom is 0.313 e. The van der Waals surface area contributed by atoms with Crippen molar-refractivity contribution in [1.82, 2.24) is 0 Å². The number of halogens is 1. The molecule has 0 bridgehead atoms. The summed E-state index contributed by atoms with van der Waals surface area (Å²) in [5, 5.41) is 18.5. The molecule has 2 rings (SSSR count). The van der Waals surface area contributed by atoms with Crippen molar-refractivity contribution in [3.05, 3.63) is 29.6 Å². The third-order valence-corrected chi connectivity index (χ3v) is 2.42. The van der Waals surface area contributed by atoms with E-state index >= 15 is 0 Å². The molecule has 1 heterocycles. The highest BCUT2D eigenvalue weighted by Crippen LogP contribution is 2.36. The van der Waals surface area contributed by atoms with Gasteiger partial charge in [0.1, 0.15) is 12.5 Å². The number of ether oxygens (including phenoxy) is 1. The van der Waals surface area contributed by atoms with Gasteiger partial charge in [-0.15, -0.1) is 0 Å². The van der Waals surface area contributed by atoms with Crippen molar-refractivity contribution in [3.63, 3.8) is 0 Å². The molecule has 2 atom stereocenters. The predicted molar refractivity (Wildman–Crippen MR) is 48.0 cm³/mol. The van der Waals surface area contributed by atoms with Gasteiger partial charge < -0.3 is 14.9 Å². The first kappa shape index (κ1) is 9.92. The largest absolute Gasteiger partial charge is 0.489 e. The van der Waals surface area contributed by atoms with Gasteiger partial charge in [0.25, 0.3) is 0 Å². The van der Waals surface area contributed by atoms with Gasteiger partial charge >= 0.3 is 5.97 Å². The van der Waals surface area contributed by atoms with Crippen molar-refractivity contribution in [2.24, 2.45) is 5.92 Å². The average Bonchev–Trinajstić information content (AvgIpc) is 2.19. The molecular formula is C10H9FO4. The van der Waals surface area contributed by atoms with Gasteiger partial charge in [-0.2, -0.15) is 0 Å². The number of hydrogen-bond donors (Lipinski definition) is 2. The summed E-state index contributed by atoms with van der Waals surface area (Å²) in [6, 6.07) is 4.07. The number of para-hydroxylation sites is 1. The maximum absolute atomic E-state index is 13.2. The molecule has 0 saturated carbocycles. The molecular weight excluding hydrogens is 203 g/mol. The van der Waals surface area contributed by atoms with Crippen LogP contribution >= 0.6 is 0 Å². The summed E-state index contributed by atoms with van der Waals surface area (Å²) < 4.78 is 18.2. The fraction of sp³-hybridized carbons (Fsp3) is 0.300. The number of rotatable bonds is 1. The van der Waals surface area contributed by atoms with Crippen LogP contribution in [0.4, 0.5) is 4.39 Å². The molecule has 1 aliphatic heterocycles. The maximum atomic E-state index is 13.2. The van der Waals surface area contributed by atoms with Gasteiger partial charge in [0.05, 0.1) is 6.10 Å². The Morgan fingerprint density at radius 2 is 2.27 bits per heavy atom. The first-order chi connectivity index (χ1) is 7.11. The van der Waals surface area contributed by atoms with E-state index in [-0.39, 0.29) is 17.9 Å². The van der Waals surface area contributed by atoms with Crippen LogP contribution in [0.5, 0.6) is 5.75 Å². The van der Waals surface area contributed by atoms with Crippen LogP contribution in [0.3, 0.4) is 0 Å². The van der Waals surface area contributed by atoms with Gasteiger partial charge in [0.15, 0.2) is 11.6 Å². The summed E-state index contributed by atoms with van der Waals surface area (Å²) in [6.07, 6.45) is -1.22. The minimum Gasteiger partial charge on any atom is -0.489 e. The van der Waals surface area contributed by atoms with E-state index < -0.39 is 23.8 Å². The molecule has 80 valence electrons. The Kier molecular flexibility index (Phi) is 2.32. The molecule has 0 radical (unpaired) electrons. The van der Waals surface area contributed by atoms with Gasteiger partial charge in [-0.3, -0.25) is 4.79 Å². The molecule has 0 saturated heterocycles.